The predicted molar refractivity (Wildman–Crippen MR) is 110 cm³/mol. The van der Waals surface area contributed by atoms with Crippen molar-refractivity contribution in [1.29, 1.82) is 0 Å². The quantitative estimate of drug-likeness (QED) is 0.561. The van der Waals surface area contributed by atoms with Crippen molar-refractivity contribution < 1.29 is 4.39 Å². The molecule has 8 heteroatoms. The van der Waals surface area contributed by atoms with Crippen LogP contribution in [0.5, 0.6) is 0 Å². The standard InChI is InChI=1S/C21H22FN7/c1-28-21(14-8-10-24-11-9-14)19(20(27-28)13-2-4-15(22)5-3-13)16-6-7-18-25-17(23)12-29(18)26-16/h2-7,12,14,24H,8-11,23H2,1H3. The summed E-state index contributed by atoms with van der Waals surface area (Å²) >= 11 is 0. The largest absolute Gasteiger partial charge is 0.382 e. The van der Waals surface area contributed by atoms with Gasteiger partial charge in [0.05, 0.1) is 23.1 Å². The first-order chi connectivity index (χ1) is 14.1. The van der Waals surface area contributed by atoms with Gasteiger partial charge in [-0.2, -0.15) is 10.2 Å². The molecule has 1 saturated heterocycles. The number of fused-ring (bicyclic) bond motifs is 1. The van der Waals surface area contributed by atoms with Crippen LogP contribution in [0.4, 0.5) is 10.2 Å². The molecular weight excluding hydrogens is 369 g/mol. The summed E-state index contributed by atoms with van der Waals surface area (Å²) in [5.74, 6) is 0.541. The molecule has 29 heavy (non-hydrogen) atoms. The maximum absolute atomic E-state index is 13.5. The van der Waals surface area contributed by atoms with E-state index in [0.717, 1.165) is 54.1 Å². The molecule has 0 bridgehead atoms. The van der Waals surface area contributed by atoms with Gasteiger partial charge in [0.15, 0.2) is 5.65 Å². The highest BCUT2D eigenvalue weighted by Crippen LogP contribution is 2.39. The zero-order valence-corrected chi connectivity index (χ0v) is 16.1. The summed E-state index contributed by atoms with van der Waals surface area (Å²) in [6.45, 7) is 1.96. The minimum atomic E-state index is -0.266. The number of nitrogens with zero attached hydrogens (tertiary/aromatic N) is 5. The monoisotopic (exact) mass is 391 g/mol. The number of imidazole rings is 1. The molecule has 1 fully saturated rings. The van der Waals surface area contributed by atoms with Crippen molar-refractivity contribution in [3.8, 4) is 22.5 Å². The van der Waals surface area contributed by atoms with E-state index in [1.54, 1.807) is 22.8 Å². The highest BCUT2D eigenvalue weighted by atomic mass is 19.1. The van der Waals surface area contributed by atoms with Gasteiger partial charge in [-0.25, -0.2) is 13.9 Å². The smallest absolute Gasteiger partial charge is 0.156 e. The lowest BCUT2D eigenvalue weighted by Gasteiger charge is -2.24. The Morgan fingerprint density at radius 3 is 2.59 bits per heavy atom. The molecule has 0 radical (unpaired) electrons. The number of anilines is 1. The number of rotatable bonds is 3. The number of hydrogen-bond acceptors (Lipinski definition) is 5. The number of piperidine rings is 1. The zero-order chi connectivity index (χ0) is 20.0. The molecule has 0 amide bonds. The molecule has 0 spiro atoms. The molecule has 4 aromatic rings. The first-order valence-corrected chi connectivity index (χ1v) is 9.76. The lowest BCUT2D eigenvalue weighted by Crippen LogP contribution is -2.27. The van der Waals surface area contributed by atoms with Crippen LogP contribution in [0.1, 0.15) is 24.5 Å². The number of benzene rings is 1. The third-order valence-corrected chi connectivity index (χ3v) is 5.53. The van der Waals surface area contributed by atoms with Gasteiger partial charge < -0.3 is 11.1 Å². The van der Waals surface area contributed by atoms with Crippen molar-refractivity contribution in [2.24, 2.45) is 7.05 Å². The van der Waals surface area contributed by atoms with E-state index in [1.165, 1.54) is 12.1 Å². The molecule has 3 N–H and O–H groups in total. The van der Waals surface area contributed by atoms with Crippen LogP contribution in [-0.2, 0) is 7.05 Å². The lowest BCUT2D eigenvalue weighted by atomic mass is 9.89. The summed E-state index contributed by atoms with van der Waals surface area (Å²) in [5, 5.41) is 13.0. The SMILES string of the molecule is Cn1nc(-c2ccc(F)cc2)c(-c2ccc3nc(N)cn3n2)c1C1CCNCC1. The van der Waals surface area contributed by atoms with E-state index in [2.05, 4.69) is 10.3 Å². The minimum Gasteiger partial charge on any atom is -0.382 e. The van der Waals surface area contributed by atoms with Crippen LogP contribution in [0.3, 0.4) is 0 Å². The van der Waals surface area contributed by atoms with Gasteiger partial charge in [0.2, 0.25) is 0 Å². The van der Waals surface area contributed by atoms with Crippen LogP contribution >= 0.6 is 0 Å². The predicted octanol–water partition coefficient (Wildman–Crippen LogP) is 2.99. The van der Waals surface area contributed by atoms with Crippen molar-refractivity contribution in [3.05, 3.63) is 54.1 Å². The molecule has 148 valence electrons. The van der Waals surface area contributed by atoms with Crippen LogP contribution in [0.2, 0.25) is 0 Å². The molecule has 7 nitrogen and oxygen atoms in total. The van der Waals surface area contributed by atoms with Gasteiger partial charge in [-0.1, -0.05) is 0 Å². The summed E-state index contributed by atoms with van der Waals surface area (Å²) in [6, 6.07) is 10.3. The van der Waals surface area contributed by atoms with E-state index in [9.17, 15) is 4.39 Å². The van der Waals surface area contributed by atoms with E-state index < -0.39 is 0 Å². The first kappa shape index (κ1) is 17.8. The maximum Gasteiger partial charge on any atom is 0.156 e. The van der Waals surface area contributed by atoms with Crippen molar-refractivity contribution in [2.45, 2.75) is 18.8 Å². The molecule has 1 aliphatic heterocycles. The van der Waals surface area contributed by atoms with Gasteiger partial charge in [-0.05, 0) is 62.3 Å². The molecule has 4 heterocycles. The van der Waals surface area contributed by atoms with Gasteiger partial charge in [0.25, 0.3) is 0 Å². The number of nitrogen functional groups attached to an aromatic ring is 1. The highest BCUT2D eigenvalue weighted by molar-refractivity contribution is 5.81. The lowest BCUT2D eigenvalue weighted by molar-refractivity contribution is 0.440. The van der Waals surface area contributed by atoms with E-state index in [-0.39, 0.29) is 5.82 Å². The van der Waals surface area contributed by atoms with Crippen LogP contribution in [0.15, 0.2) is 42.6 Å². The molecular formula is C21H22FN7. The number of nitrogens with one attached hydrogen (secondary N) is 1. The Hall–Kier alpha value is -3.26. The number of aromatic nitrogens is 5. The van der Waals surface area contributed by atoms with E-state index >= 15 is 0 Å². The van der Waals surface area contributed by atoms with Gasteiger partial charge in [0, 0.05) is 18.5 Å². The van der Waals surface area contributed by atoms with Crippen molar-refractivity contribution >= 4 is 11.5 Å². The van der Waals surface area contributed by atoms with Gasteiger partial charge in [0.1, 0.15) is 17.3 Å². The Labute approximate surface area is 167 Å². The fourth-order valence-corrected chi connectivity index (χ4v) is 4.20. The summed E-state index contributed by atoms with van der Waals surface area (Å²) < 4.78 is 17.2. The Morgan fingerprint density at radius 1 is 1.07 bits per heavy atom. The first-order valence-electron chi connectivity index (χ1n) is 9.76. The van der Waals surface area contributed by atoms with Crippen LogP contribution in [-0.4, -0.2) is 37.5 Å². The van der Waals surface area contributed by atoms with Crippen molar-refractivity contribution in [2.75, 3.05) is 18.8 Å². The topological polar surface area (TPSA) is 86.1 Å². The Bertz CT molecular complexity index is 1170. The molecule has 3 aromatic heterocycles. The minimum absolute atomic E-state index is 0.266. The molecule has 0 atom stereocenters. The summed E-state index contributed by atoms with van der Waals surface area (Å²) in [4.78, 5) is 4.26. The number of hydrogen-bond donors (Lipinski definition) is 2. The van der Waals surface area contributed by atoms with Crippen LogP contribution < -0.4 is 11.1 Å². The average molecular weight is 391 g/mol. The third-order valence-electron chi connectivity index (χ3n) is 5.53. The van der Waals surface area contributed by atoms with E-state index in [4.69, 9.17) is 15.9 Å². The molecule has 0 unspecified atom stereocenters. The highest BCUT2D eigenvalue weighted by Gasteiger charge is 2.27. The van der Waals surface area contributed by atoms with Crippen LogP contribution in [0, 0.1) is 5.82 Å². The second kappa shape index (κ2) is 6.97. The normalized spacial score (nSPS) is 15.2. The van der Waals surface area contributed by atoms with Gasteiger partial charge in [-0.3, -0.25) is 4.68 Å². The van der Waals surface area contributed by atoms with Crippen molar-refractivity contribution in [3.63, 3.8) is 0 Å². The fraction of sp³-hybridized carbons (Fsp3) is 0.286. The summed E-state index contributed by atoms with van der Waals surface area (Å²) in [6.07, 6.45) is 3.78. The van der Waals surface area contributed by atoms with E-state index in [0.29, 0.717) is 17.4 Å². The second-order valence-corrected chi connectivity index (χ2v) is 7.45. The zero-order valence-electron chi connectivity index (χ0n) is 16.1. The molecule has 5 rings (SSSR count). The molecule has 1 aliphatic rings. The van der Waals surface area contributed by atoms with Gasteiger partial charge >= 0.3 is 0 Å². The Balaban J connectivity index is 1.73. The molecule has 1 aromatic carbocycles. The number of halogens is 1. The van der Waals surface area contributed by atoms with E-state index in [1.807, 2.05) is 23.9 Å². The number of aryl methyl sites for hydroxylation is 1. The summed E-state index contributed by atoms with van der Waals surface area (Å²) in [5.41, 5.74) is 11.1. The van der Waals surface area contributed by atoms with Crippen LogP contribution in [0.25, 0.3) is 28.2 Å². The molecule has 0 saturated carbocycles. The maximum atomic E-state index is 13.5. The molecule has 0 aliphatic carbocycles. The Kier molecular flexibility index (Phi) is 4.28. The number of nitrogens with two attached hydrogens (primary N) is 1. The Morgan fingerprint density at radius 2 is 1.83 bits per heavy atom. The van der Waals surface area contributed by atoms with Gasteiger partial charge in [-0.15, -0.1) is 0 Å². The fourth-order valence-electron chi connectivity index (χ4n) is 4.20. The second-order valence-electron chi connectivity index (χ2n) is 7.45. The average Bonchev–Trinajstić information content (AvgIpc) is 3.27. The van der Waals surface area contributed by atoms with Crippen molar-refractivity contribution in [1.82, 2.24) is 29.7 Å². The summed E-state index contributed by atoms with van der Waals surface area (Å²) in [7, 11) is 1.97. The third kappa shape index (κ3) is 3.15.